The summed E-state index contributed by atoms with van der Waals surface area (Å²) in [4.78, 5) is 0. The highest BCUT2D eigenvalue weighted by molar-refractivity contribution is 7.87. The Balaban J connectivity index is 1.92. The molecule has 0 amide bonds. The van der Waals surface area contributed by atoms with E-state index in [0.717, 1.165) is 32.5 Å². The predicted octanol–water partition coefficient (Wildman–Crippen LogP) is -1.56. The van der Waals surface area contributed by atoms with E-state index < -0.39 is 10.2 Å². The minimum absolute atomic E-state index is 0.0788. The molecular weight excluding hydrogens is 216 g/mol. The van der Waals surface area contributed by atoms with Gasteiger partial charge in [-0.2, -0.15) is 17.4 Å². The fourth-order valence-corrected chi connectivity index (χ4v) is 3.30. The van der Waals surface area contributed by atoms with E-state index in [2.05, 4.69) is 15.4 Å². The van der Waals surface area contributed by atoms with Crippen LogP contribution in [0.4, 0.5) is 0 Å². The van der Waals surface area contributed by atoms with Crippen molar-refractivity contribution in [3.63, 3.8) is 0 Å². The molecule has 1 atom stereocenters. The Morgan fingerprint density at radius 3 is 2.53 bits per heavy atom. The average Bonchev–Trinajstić information content (AvgIpc) is 2.71. The molecule has 6 nitrogen and oxygen atoms in total. The molecule has 0 aromatic heterocycles. The SMILES string of the molecule is O=S(=O)(NC1CCCN1)N1CCNCC1. The van der Waals surface area contributed by atoms with Crippen molar-refractivity contribution >= 4 is 10.2 Å². The van der Waals surface area contributed by atoms with Crippen LogP contribution < -0.4 is 15.4 Å². The zero-order valence-corrected chi connectivity index (χ0v) is 9.52. The van der Waals surface area contributed by atoms with Crippen molar-refractivity contribution in [3.8, 4) is 0 Å². The van der Waals surface area contributed by atoms with Gasteiger partial charge in [0.15, 0.2) is 0 Å². The van der Waals surface area contributed by atoms with Crippen LogP contribution in [0.1, 0.15) is 12.8 Å². The smallest absolute Gasteiger partial charge is 0.280 e. The first-order valence-electron chi connectivity index (χ1n) is 5.40. The Morgan fingerprint density at radius 2 is 1.93 bits per heavy atom. The molecule has 7 heteroatoms. The third-order valence-electron chi connectivity index (χ3n) is 2.77. The van der Waals surface area contributed by atoms with E-state index in [9.17, 15) is 8.42 Å². The van der Waals surface area contributed by atoms with Crippen LogP contribution in [-0.4, -0.2) is 51.6 Å². The Labute approximate surface area is 90.6 Å². The Morgan fingerprint density at radius 1 is 1.20 bits per heavy atom. The maximum atomic E-state index is 11.9. The highest BCUT2D eigenvalue weighted by Gasteiger charge is 2.27. The monoisotopic (exact) mass is 234 g/mol. The molecule has 0 aromatic rings. The Hall–Kier alpha value is -0.210. The quantitative estimate of drug-likeness (QED) is 0.552. The maximum Gasteiger partial charge on any atom is 0.280 e. The van der Waals surface area contributed by atoms with Gasteiger partial charge in [0.1, 0.15) is 0 Å². The number of rotatable bonds is 3. The zero-order chi connectivity index (χ0) is 10.7. The molecular formula is C8H18N4O2S. The molecule has 2 aliphatic rings. The number of piperazine rings is 1. The normalized spacial score (nSPS) is 29.5. The third kappa shape index (κ3) is 2.88. The summed E-state index contributed by atoms with van der Waals surface area (Å²) in [5, 5.41) is 6.25. The zero-order valence-electron chi connectivity index (χ0n) is 8.70. The van der Waals surface area contributed by atoms with E-state index in [1.54, 1.807) is 0 Å². The molecule has 15 heavy (non-hydrogen) atoms. The van der Waals surface area contributed by atoms with Crippen LogP contribution >= 0.6 is 0 Å². The van der Waals surface area contributed by atoms with Crippen molar-refractivity contribution < 1.29 is 8.42 Å². The summed E-state index contributed by atoms with van der Waals surface area (Å²) < 4.78 is 28.0. The molecule has 3 N–H and O–H groups in total. The standard InChI is InChI=1S/C8H18N4O2S/c13-15(14,11-8-2-1-3-10-8)12-6-4-9-5-7-12/h8-11H,1-7H2. The minimum atomic E-state index is -3.29. The fraction of sp³-hybridized carbons (Fsp3) is 1.00. The van der Waals surface area contributed by atoms with Crippen molar-refractivity contribution in [3.05, 3.63) is 0 Å². The van der Waals surface area contributed by atoms with Crippen LogP contribution in [0.15, 0.2) is 0 Å². The first kappa shape index (κ1) is 11.3. The number of nitrogens with one attached hydrogen (secondary N) is 3. The minimum Gasteiger partial charge on any atom is -0.314 e. The summed E-state index contributed by atoms with van der Waals surface area (Å²) in [6.07, 6.45) is 1.84. The van der Waals surface area contributed by atoms with Crippen molar-refractivity contribution in [1.82, 2.24) is 19.7 Å². The van der Waals surface area contributed by atoms with Gasteiger partial charge in [-0.1, -0.05) is 0 Å². The molecule has 1 unspecified atom stereocenters. The molecule has 0 saturated carbocycles. The van der Waals surface area contributed by atoms with Crippen molar-refractivity contribution in [2.45, 2.75) is 19.0 Å². The summed E-state index contributed by atoms with van der Waals surface area (Å²) in [6.45, 7) is 3.48. The molecule has 2 aliphatic heterocycles. The molecule has 2 fully saturated rings. The van der Waals surface area contributed by atoms with Gasteiger partial charge in [-0.3, -0.25) is 0 Å². The van der Waals surface area contributed by atoms with Crippen molar-refractivity contribution in [2.75, 3.05) is 32.7 Å². The lowest BCUT2D eigenvalue weighted by Gasteiger charge is -2.28. The fourth-order valence-electron chi connectivity index (χ4n) is 1.92. The van der Waals surface area contributed by atoms with E-state index in [0.29, 0.717) is 13.1 Å². The van der Waals surface area contributed by atoms with E-state index in [1.807, 2.05) is 0 Å². The highest BCUT2D eigenvalue weighted by Crippen LogP contribution is 2.06. The van der Waals surface area contributed by atoms with Crippen molar-refractivity contribution in [1.29, 1.82) is 0 Å². The van der Waals surface area contributed by atoms with Gasteiger partial charge in [-0.25, -0.2) is 0 Å². The summed E-state index contributed by atoms with van der Waals surface area (Å²) in [7, 11) is -3.29. The molecule has 88 valence electrons. The summed E-state index contributed by atoms with van der Waals surface area (Å²) >= 11 is 0. The van der Waals surface area contributed by atoms with Crippen LogP contribution in [0.2, 0.25) is 0 Å². The Bertz CT molecular complexity index is 294. The van der Waals surface area contributed by atoms with Gasteiger partial charge in [0.25, 0.3) is 10.2 Å². The molecule has 0 bridgehead atoms. The second kappa shape index (κ2) is 4.75. The van der Waals surface area contributed by atoms with Crippen molar-refractivity contribution in [2.24, 2.45) is 0 Å². The predicted molar refractivity (Wildman–Crippen MR) is 57.5 cm³/mol. The van der Waals surface area contributed by atoms with Gasteiger partial charge in [0.05, 0.1) is 6.17 Å². The van der Waals surface area contributed by atoms with Crippen LogP contribution in [0.25, 0.3) is 0 Å². The molecule has 2 rings (SSSR count). The second-order valence-corrected chi connectivity index (χ2v) is 5.62. The first-order chi connectivity index (χ1) is 7.18. The maximum absolute atomic E-state index is 11.9. The number of nitrogens with zero attached hydrogens (tertiary/aromatic N) is 1. The van der Waals surface area contributed by atoms with Gasteiger partial charge in [-0.05, 0) is 19.4 Å². The lowest BCUT2D eigenvalue weighted by atomic mass is 10.3. The van der Waals surface area contributed by atoms with Gasteiger partial charge in [0, 0.05) is 26.2 Å². The van der Waals surface area contributed by atoms with E-state index in [4.69, 9.17) is 0 Å². The average molecular weight is 234 g/mol. The van der Waals surface area contributed by atoms with Gasteiger partial charge in [0.2, 0.25) is 0 Å². The van der Waals surface area contributed by atoms with Gasteiger partial charge >= 0.3 is 0 Å². The van der Waals surface area contributed by atoms with E-state index in [-0.39, 0.29) is 6.17 Å². The van der Waals surface area contributed by atoms with Crippen LogP contribution in [0.3, 0.4) is 0 Å². The molecule has 2 saturated heterocycles. The van der Waals surface area contributed by atoms with Crippen LogP contribution in [0.5, 0.6) is 0 Å². The second-order valence-electron chi connectivity index (χ2n) is 3.92. The van der Waals surface area contributed by atoms with E-state index in [1.165, 1.54) is 4.31 Å². The summed E-state index contributed by atoms with van der Waals surface area (Å²) in [5.41, 5.74) is 0. The lowest BCUT2D eigenvalue weighted by Crippen LogP contribution is -2.54. The first-order valence-corrected chi connectivity index (χ1v) is 6.84. The number of hydrogen-bond donors (Lipinski definition) is 3. The highest BCUT2D eigenvalue weighted by atomic mass is 32.2. The molecule has 0 radical (unpaired) electrons. The lowest BCUT2D eigenvalue weighted by molar-refractivity contribution is 0.349. The molecule has 0 aliphatic carbocycles. The third-order valence-corrected chi connectivity index (χ3v) is 4.39. The Kier molecular flexibility index (Phi) is 3.57. The van der Waals surface area contributed by atoms with Crippen LogP contribution in [0, 0.1) is 0 Å². The molecule has 2 heterocycles. The topological polar surface area (TPSA) is 73.5 Å². The molecule has 0 aromatic carbocycles. The van der Waals surface area contributed by atoms with E-state index >= 15 is 0 Å². The summed E-state index contributed by atoms with van der Waals surface area (Å²) in [5.74, 6) is 0. The van der Waals surface area contributed by atoms with Gasteiger partial charge < -0.3 is 10.6 Å². The summed E-state index contributed by atoms with van der Waals surface area (Å²) in [6, 6.07) is 0. The molecule has 0 spiro atoms. The van der Waals surface area contributed by atoms with Gasteiger partial charge in [-0.15, -0.1) is 0 Å². The number of hydrogen-bond acceptors (Lipinski definition) is 4. The van der Waals surface area contributed by atoms with Crippen LogP contribution in [-0.2, 0) is 10.2 Å². The largest absolute Gasteiger partial charge is 0.314 e.